The summed E-state index contributed by atoms with van der Waals surface area (Å²) in [5.41, 5.74) is 0.823. The molecule has 0 spiro atoms. The summed E-state index contributed by atoms with van der Waals surface area (Å²) in [4.78, 5) is 12.4. The standard InChI is InChI=1S/C15H20O2S/c1-3-13(18-14-9-10-17-11(14)2)15(16)12-7-5-4-6-8-12/h4-8,11,13-14H,3,9-10H2,1-2H3. The van der Waals surface area contributed by atoms with Gasteiger partial charge in [-0.15, -0.1) is 11.8 Å². The maximum Gasteiger partial charge on any atom is 0.175 e. The average molecular weight is 264 g/mol. The Morgan fingerprint density at radius 2 is 2.17 bits per heavy atom. The molecule has 0 aliphatic carbocycles. The summed E-state index contributed by atoms with van der Waals surface area (Å²) in [6.07, 6.45) is 2.21. The fourth-order valence-corrected chi connectivity index (χ4v) is 3.64. The van der Waals surface area contributed by atoms with E-state index in [4.69, 9.17) is 4.74 Å². The first kappa shape index (κ1) is 13.6. The molecule has 0 bridgehead atoms. The first-order chi connectivity index (χ1) is 8.72. The van der Waals surface area contributed by atoms with Crippen molar-refractivity contribution in [2.45, 2.75) is 43.3 Å². The molecule has 0 amide bonds. The molecule has 0 aromatic heterocycles. The first-order valence-electron chi connectivity index (χ1n) is 6.58. The van der Waals surface area contributed by atoms with E-state index in [2.05, 4.69) is 13.8 Å². The lowest BCUT2D eigenvalue weighted by molar-refractivity contribution is 0.0987. The predicted molar refractivity (Wildman–Crippen MR) is 76.3 cm³/mol. The zero-order valence-electron chi connectivity index (χ0n) is 11.0. The lowest BCUT2D eigenvalue weighted by atomic mass is 10.1. The SMILES string of the molecule is CCC(SC1CCOC1C)C(=O)c1ccccc1. The number of carbonyl (C=O) groups excluding carboxylic acids is 1. The highest BCUT2D eigenvalue weighted by atomic mass is 32.2. The van der Waals surface area contributed by atoms with Gasteiger partial charge in [-0.25, -0.2) is 0 Å². The number of thioether (sulfide) groups is 1. The number of carbonyl (C=O) groups is 1. The van der Waals surface area contributed by atoms with E-state index in [0.29, 0.717) is 5.25 Å². The van der Waals surface area contributed by atoms with Crippen molar-refractivity contribution in [3.63, 3.8) is 0 Å². The van der Waals surface area contributed by atoms with E-state index in [-0.39, 0.29) is 17.1 Å². The molecule has 0 radical (unpaired) electrons. The van der Waals surface area contributed by atoms with Crippen LogP contribution in [0.3, 0.4) is 0 Å². The molecule has 2 nitrogen and oxygen atoms in total. The molecule has 2 rings (SSSR count). The van der Waals surface area contributed by atoms with E-state index < -0.39 is 0 Å². The van der Waals surface area contributed by atoms with Crippen LogP contribution >= 0.6 is 11.8 Å². The fourth-order valence-electron chi connectivity index (χ4n) is 2.23. The lowest BCUT2D eigenvalue weighted by Crippen LogP contribution is -2.23. The van der Waals surface area contributed by atoms with Crippen LogP contribution in [-0.4, -0.2) is 29.0 Å². The van der Waals surface area contributed by atoms with Crippen LogP contribution in [0.1, 0.15) is 37.0 Å². The topological polar surface area (TPSA) is 26.3 Å². The number of hydrogen-bond acceptors (Lipinski definition) is 3. The minimum atomic E-state index is 0.0570. The molecule has 3 atom stereocenters. The zero-order chi connectivity index (χ0) is 13.0. The van der Waals surface area contributed by atoms with Crippen LogP contribution in [-0.2, 0) is 4.74 Å². The third-order valence-corrected chi connectivity index (χ3v) is 5.21. The molecule has 3 unspecified atom stereocenters. The average Bonchev–Trinajstić information content (AvgIpc) is 2.81. The lowest BCUT2D eigenvalue weighted by Gasteiger charge is -2.20. The molecule has 1 aromatic rings. The van der Waals surface area contributed by atoms with Gasteiger partial charge in [0.2, 0.25) is 0 Å². The van der Waals surface area contributed by atoms with Crippen molar-refractivity contribution < 1.29 is 9.53 Å². The van der Waals surface area contributed by atoms with E-state index in [9.17, 15) is 4.79 Å². The molecule has 1 heterocycles. The third-order valence-electron chi connectivity index (χ3n) is 3.37. The molecule has 1 fully saturated rings. The van der Waals surface area contributed by atoms with Gasteiger partial charge < -0.3 is 4.74 Å². The van der Waals surface area contributed by atoms with Crippen LogP contribution in [0.5, 0.6) is 0 Å². The second-order valence-electron chi connectivity index (χ2n) is 4.67. The Hall–Kier alpha value is -0.800. The number of ether oxygens (including phenoxy) is 1. The number of hydrogen-bond donors (Lipinski definition) is 0. The van der Waals surface area contributed by atoms with Crippen LogP contribution in [0, 0.1) is 0 Å². The first-order valence-corrected chi connectivity index (χ1v) is 7.53. The van der Waals surface area contributed by atoms with Gasteiger partial charge in [0.25, 0.3) is 0 Å². The van der Waals surface area contributed by atoms with E-state index in [1.54, 1.807) is 11.8 Å². The summed E-state index contributed by atoms with van der Waals surface area (Å²) in [5, 5.41) is 0.518. The van der Waals surface area contributed by atoms with E-state index in [1.807, 2.05) is 30.3 Å². The molecule has 1 aliphatic rings. The summed E-state index contributed by atoms with van der Waals surface area (Å²) in [6.45, 7) is 5.01. The Bertz CT molecular complexity index is 391. The molecule has 1 aromatic carbocycles. The molecule has 0 N–H and O–H groups in total. The van der Waals surface area contributed by atoms with Crippen LogP contribution in [0.15, 0.2) is 30.3 Å². The van der Waals surface area contributed by atoms with Crippen molar-refractivity contribution in [3.8, 4) is 0 Å². The Morgan fingerprint density at radius 3 is 2.72 bits per heavy atom. The Morgan fingerprint density at radius 1 is 1.44 bits per heavy atom. The number of benzene rings is 1. The van der Waals surface area contributed by atoms with Crippen molar-refractivity contribution >= 4 is 17.5 Å². The van der Waals surface area contributed by atoms with Gasteiger partial charge in [-0.2, -0.15) is 0 Å². The second-order valence-corrected chi connectivity index (χ2v) is 6.11. The smallest absolute Gasteiger partial charge is 0.175 e. The van der Waals surface area contributed by atoms with Crippen molar-refractivity contribution in [1.29, 1.82) is 0 Å². The van der Waals surface area contributed by atoms with E-state index in [0.717, 1.165) is 25.0 Å². The minimum absolute atomic E-state index is 0.0570. The summed E-state index contributed by atoms with van der Waals surface area (Å²) >= 11 is 1.79. The van der Waals surface area contributed by atoms with Crippen molar-refractivity contribution in [2.75, 3.05) is 6.61 Å². The highest BCUT2D eigenvalue weighted by Crippen LogP contribution is 2.32. The fraction of sp³-hybridized carbons (Fsp3) is 0.533. The van der Waals surface area contributed by atoms with Crippen molar-refractivity contribution in [1.82, 2.24) is 0 Å². The Kier molecular flexibility index (Phi) is 4.84. The zero-order valence-corrected chi connectivity index (χ0v) is 11.8. The maximum atomic E-state index is 12.4. The molecule has 18 heavy (non-hydrogen) atoms. The number of rotatable bonds is 5. The molecule has 3 heteroatoms. The van der Waals surface area contributed by atoms with Gasteiger partial charge >= 0.3 is 0 Å². The summed E-state index contributed by atoms with van der Waals surface area (Å²) in [7, 11) is 0. The summed E-state index contributed by atoms with van der Waals surface area (Å²) in [6, 6.07) is 9.59. The Labute approximate surface area is 113 Å². The van der Waals surface area contributed by atoms with Crippen LogP contribution < -0.4 is 0 Å². The van der Waals surface area contributed by atoms with Gasteiger partial charge in [-0.3, -0.25) is 4.79 Å². The Balaban J connectivity index is 2.02. The van der Waals surface area contributed by atoms with Crippen molar-refractivity contribution in [3.05, 3.63) is 35.9 Å². The van der Waals surface area contributed by atoms with Gasteiger partial charge in [-0.05, 0) is 19.8 Å². The van der Waals surface area contributed by atoms with Crippen LogP contribution in [0.2, 0.25) is 0 Å². The maximum absolute atomic E-state index is 12.4. The predicted octanol–water partition coefficient (Wildman–Crippen LogP) is 3.56. The summed E-state index contributed by atoms with van der Waals surface area (Å²) in [5.74, 6) is 0.252. The minimum Gasteiger partial charge on any atom is -0.377 e. The molecular formula is C15H20O2S. The van der Waals surface area contributed by atoms with E-state index >= 15 is 0 Å². The van der Waals surface area contributed by atoms with Crippen LogP contribution in [0.25, 0.3) is 0 Å². The normalized spacial score (nSPS) is 25.0. The third kappa shape index (κ3) is 3.15. The largest absolute Gasteiger partial charge is 0.377 e. The van der Waals surface area contributed by atoms with Crippen molar-refractivity contribution in [2.24, 2.45) is 0 Å². The monoisotopic (exact) mass is 264 g/mol. The second kappa shape index (κ2) is 6.39. The van der Waals surface area contributed by atoms with Gasteiger partial charge in [0.1, 0.15) is 0 Å². The van der Waals surface area contributed by atoms with Crippen LogP contribution in [0.4, 0.5) is 0 Å². The van der Waals surface area contributed by atoms with Gasteiger partial charge in [0.15, 0.2) is 5.78 Å². The quantitative estimate of drug-likeness (QED) is 0.761. The van der Waals surface area contributed by atoms with Gasteiger partial charge in [-0.1, -0.05) is 37.3 Å². The molecule has 98 valence electrons. The molecule has 1 aliphatic heterocycles. The molecule has 0 saturated carbocycles. The molecule has 1 saturated heterocycles. The number of ketones is 1. The van der Waals surface area contributed by atoms with E-state index in [1.165, 1.54) is 0 Å². The van der Waals surface area contributed by atoms with Gasteiger partial charge in [0.05, 0.1) is 11.4 Å². The highest BCUT2D eigenvalue weighted by Gasteiger charge is 2.30. The van der Waals surface area contributed by atoms with Gasteiger partial charge in [0, 0.05) is 17.4 Å². The number of Topliss-reactive ketones (excluding diaryl/α,β-unsaturated/α-hetero) is 1. The molecular weight excluding hydrogens is 244 g/mol. The summed E-state index contributed by atoms with van der Waals surface area (Å²) < 4.78 is 5.56. The highest BCUT2D eigenvalue weighted by molar-refractivity contribution is 8.01.